The Morgan fingerprint density at radius 2 is 0.745 bits per heavy atom. The number of carboxylic acid groups (broad SMARTS) is 3. The van der Waals surface area contributed by atoms with E-state index in [0.29, 0.717) is 0 Å². The molecule has 38 atom stereocenters. The number of aliphatic hydroxyl groups excluding tert-OH is 24. The molecular formula is C59H96N4O47. The van der Waals surface area contributed by atoms with Crippen LogP contribution in [0.5, 0.6) is 0 Å². The molecule has 0 radical (unpaired) electrons. The Hall–Kier alpha value is -5.19. The van der Waals surface area contributed by atoms with Crippen molar-refractivity contribution in [3.63, 3.8) is 0 Å². The molecule has 634 valence electrons. The molecule has 7 heterocycles. The van der Waals surface area contributed by atoms with Gasteiger partial charge in [0, 0.05) is 33.1 Å². The predicted molar refractivity (Wildman–Crippen MR) is 333 cm³/mol. The highest BCUT2D eigenvalue weighted by Crippen LogP contribution is 2.44. The molecule has 0 bridgehead atoms. The van der Waals surface area contributed by atoms with Gasteiger partial charge >= 0.3 is 17.9 Å². The van der Waals surface area contributed by atoms with E-state index in [-0.39, 0.29) is 0 Å². The molecule has 0 saturated carbocycles. The minimum absolute atomic E-state index is 0.735. The maximum Gasteiger partial charge on any atom is 0.364 e. The van der Waals surface area contributed by atoms with Gasteiger partial charge in [-0.25, -0.2) is 14.4 Å². The number of amides is 4. The van der Waals surface area contributed by atoms with Gasteiger partial charge in [-0.05, 0) is 0 Å². The van der Waals surface area contributed by atoms with Crippen LogP contribution >= 0.6 is 0 Å². The summed E-state index contributed by atoms with van der Waals surface area (Å²) in [6.45, 7) is -10.7. The zero-order chi connectivity index (χ0) is 82.3. The van der Waals surface area contributed by atoms with E-state index >= 15 is 0 Å². The van der Waals surface area contributed by atoms with Crippen LogP contribution < -0.4 is 21.3 Å². The van der Waals surface area contributed by atoms with E-state index < -0.39 is 352 Å². The first-order valence-electron chi connectivity index (χ1n) is 33.8. The van der Waals surface area contributed by atoms with E-state index in [0.717, 1.165) is 13.8 Å². The molecule has 4 amide bonds. The Labute approximate surface area is 618 Å². The third kappa shape index (κ3) is 20.0. The largest absolute Gasteiger partial charge is 0.477 e. The molecular weight excluding hydrogens is 1520 g/mol. The summed E-state index contributed by atoms with van der Waals surface area (Å²) < 4.78 is 76.2. The van der Waals surface area contributed by atoms with E-state index in [1.165, 1.54) is 0 Å². The van der Waals surface area contributed by atoms with Crippen molar-refractivity contribution in [2.75, 3.05) is 59.5 Å². The number of carboxylic acids is 3. The third-order valence-corrected chi connectivity index (χ3v) is 19.3. The minimum atomic E-state index is -3.69. The number of carbonyl (C=O) groups is 7. The Kier molecular flexibility index (Phi) is 32.6. The standard InChI is InChI=1S/C59H96N4O47/c1-15(72)60-29-18(75)4-58(55(94)95,107-45(29)33(82)20(77)6-64)109-48-36(85)23(9-67)100-52(40(48)89)105-44-32(61-16(2)73)51(102-26(37(44)86)14-98-57(54(92)93)3-17(74)30(62-27(80)12-70)46(106-57)34(83)21(78)7-65)104-43-25(11-69)101-53(103-42-24(10-68)99-50(91)39(88)38(42)87)41(90)49(43)110-59(56(96)97)5-19(76)31(63-28(81)13-71)47(108-59)35(84)22(79)8-66/h17-26,29-53,64-71,74-79,82-91H,3-14H2,1-2H3,(H,60,72)(H,61,73)(H,62,80)(H,63,81)(H,92,93)(H,94,95)(H,96,97)/t17-,18-,19-,20+,21+,22+,23+,24+,25+,26+,29+,30+,31+,32+,33+,34+,35+,36-,37-,38+,39+,40+,41+,42+,43-,44+,45+,46+,47+,48-,49+,50+,51-,52-,53-,57+,58-,59-/m0/s1. The monoisotopic (exact) mass is 1610 g/mol. The summed E-state index contributed by atoms with van der Waals surface area (Å²) in [7, 11) is 0. The van der Waals surface area contributed by atoms with E-state index in [1.54, 1.807) is 0 Å². The van der Waals surface area contributed by atoms with Crippen LogP contribution in [0.3, 0.4) is 0 Å². The highest BCUT2D eigenvalue weighted by molar-refractivity contribution is 5.79. The lowest BCUT2D eigenvalue weighted by Gasteiger charge is -2.53. The van der Waals surface area contributed by atoms with Gasteiger partial charge in [0.25, 0.3) is 17.4 Å². The number of hydrogen-bond donors (Lipinski definition) is 31. The second kappa shape index (κ2) is 39.0. The van der Waals surface area contributed by atoms with Gasteiger partial charge in [0.1, 0.15) is 166 Å². The van der Waals surface area contributed by atoms with Gasteiger partial charge in [0.05, 0.1) is 82.7 Å². The highest BCUT2D eigenvalue weighted by atomic mass is 16.8. The Balaban J connectivity index is 1.41. The number of ether oxygens (including phenoxy) is 13. The SMILES string of the molecule is CC(=O)N[C@H]1[C@H](O[C@@H]2[C@H](O[C@]3(C(=O)O)C[C@H](O)[C@@H](NC(=O)CO)[C@H]([C@H](O)[C@H](O)CO)O3)[C@@H](O)[C@H](O[C@H]3[C@H](O)[C@@H](O)[C@H](O)O[C@@H]3CO)O[C@@H]2CO)O[C@H](CO[C@]2(C(=O)O)C[C@H](O)[C@@H](NC(=O)CO)[C@H]([C@H](O)[C@H](O)CO)O2)[C@H](O)[C@@H]1O[C@@H]1O[C@H](CO)[C@H](O)[C@H](O[C@]2(C(=O)O)C[C@H](O)[C@@H](NC(C)=O)[C@H]([C@H](O)[C@H](O)CO)O2)[C@H]1O. The van der Waals surface area contributed by atoms with Gasteiger partial charge in [-0.2, -0.15) is 0 Å². The van der Waals surface area contributed by atoms with Crippen LogP contribution in [0.1, 0.15) is 33.1 Å². The Bertz CT molecular complexity index is 3050. The molecule has 0 aromatic heterocycles. The number of hydrogen-bond acceptors (Lipinski definition) is 44. The van der Waals surface area contributed by atoms with Crippen molar-refractivity contribution >= 4 is 41.5 Å². The molecule has 0 aliphatic carbocycles. The fourth-order valence-corrected chi connectivity index (χ4v) is 13.6. The molecule has 51 heteroatoms. The first-order chi connectivity index (χ1) is 51.6. The fourth-order valence-electron chi connectivity index (χ4n) is 13.6. The van der Waals surface area contributed by atoms with Gasteiger partial charge in [-0.3, -0.25) is 19.2 Å². The molecule has 31 N–H and O–H groups in total. The molecule has 7 saturated heterocycles. The maximum absolute atomic E-state index is 13.9. The molecule has 7 rings (SSSR count). The molecule has 7 aliphatic heterocycles. The highest BCUT2D eigenvalue weighted by Gasteiger charge is 2.65. The van der Waals surface area contributed by atoms with Gasteiger partial charge < -0.3 is 221 Å². The summed E-state index contributed by atoms with van der Waals surface area (Å²) >= 11 is 0. The Morgan fingerprint density at radius 3 is 1.16 bits per heavy atom. The van der Waals surface area contributed by atoms with Gasteiger partial charge in [-0.15, -0.1) is 0 Å². The smallest absolute Gasteiger partial charge is 0.364 e. The lowest BCUT2D eigenvalue weighted by atomic mass is 9.88. The van der Waals surface area contributed by atoms with Crippen molar-refractivity contribution in [3.05, 3.63) is 0 Å². The maximum atomic E-state index is 13.9. The number of rotatable bonds is 34. The summed E-state index contributed by atoms with van der Waals surface area (Å²) in [5.41, 5.74) is 0. The normalized spacial score (nSPS) is 42.8. The van der Waals surface area contributed by atoms with Gasteiger partial charge in [0.2, 0.25) is 23.6 Å². The summed E-state index contributed by atoms with van der Waals surface area (Å²) in [4.78, 5) is 92.2. The molecule has 0 aromatic rings. The summed E-state index contributed by atoms with van der Waals surface area (Å²) in [5, 5.41) is 304. The zero-order valence-electron chi connectivity index (χ0n) is 57.9. The summed E-state index contributed by atoms with van der Waals surface area (Å²) in [5.74, 6) is -22.4. The lowest BCUT2D eigenvalue weighted by Crippen LogP contribution is -2.73. The lowest BCUT2D eigenvalue weighted by molar-refractivity contribution is -0.405. The molecule has 0 unspecified atom stereocenters. The van der Waals surface area contributed by atoms with Crippen molar-refractivity contribution in [2.24, 2.45) is 0 Å². The quantitative estimate of drug-likeness (QED) is 0.0284. The molecule has 110 heavy (non-hydrogen) atoms. The average Bonchev–Trinajstić information content (AvgIpc) is 0.787. The van der Waals surface area contributed by atoms with Crippen LogP contribution in [0.4, 0.5) is 0 Å². The number of aliphatic hydroxyl groups is 24. The zero-order valence-corrected chi connectivity index (χ0v) is 57.9. The molecule has 51 nitrogen and oxygen atoms in total. The summed E-state index contributed by atoms with van der Waals surface area (Å²) in [6.07, 6.45) is -80.4. The number of nitrogens with one attached hydrogen (secondary N) is 4. The van der Waals surface area contributed by atoms with Crippen LogP contribution in [-0.2, 0) is 95.1 Å². The van der Waals surface area contributed by atoms with Crippen LogP contribution in [0, 0.1) is 0 Å². The minimum Gasteiger partial charge on any atom is -0.477 e. The second-order valence-electron chi connectivity index (χ2n) is 26.9. The number of carbonyl (C=O) groups excluding carboxylic acids is 4. The van der Waals surface area contributed by atoms with Crippen LogP contribution in [0.15, 0.2) is 0 Å². The van der Waals surface area contributed by atoms with Crippen LogP contribution in [-0.4, -0.2) is 470 Å². The van der Waals surface area contributed by atoms with Crippen LogP contribution in [0.2, 0.25) is 0 Å². The van der Waals surface area contributed by atoms with Crippen LogP contribution in [0.25, 0.3) is 0 Å². The van der Waals surface area contributed by atoms with Gasteiger partial charge in [0.15, 0.2) is 25.2 Å². The van der Waals surface area contributed by atoms with E-state index in [4.69, 9.17) is 61.6 Å². The van der Waals surface area contributed by atoms with Crippen molar-refractivity contribution in [1.29, 1.82) is 0 Å². The topological polar surface area (TPSA) is 834 Å². The van der Waals surface area contributed by atoms with Crippen molar-refractivity contribution in [1.82, 2.24) is 21.3 Å². The molecule has 0 spiro atoms. The first-order valence-corrected chi connectivity index (χ1v) is 33.8. The number of aliphatic carboxylic acids is 3. The van der Waals surface area contributed by atoms with Crippen molar-refractivity contribution in [2.45, 2.75) is 265 Å². The van der Waals surface area contributed by atoms with E-state index in [9.17, 15) is 171 Å². The van der Waals surface area contributed by atoms with Crippen molar-refractivity contribution in [3.8, 4) is 0 Å². The Morgan fingerprint density at radius 1 is 0.391 bits per heavy atom. The fraction of sp³-hybridized carbons (Fsp3) is 0.881. The molecule has 7 aliphatic rings. The first kappa shape index (κ1) is 92.0. The third-order valence-electron chi connectivity index (χ3n) is 19.3. The van der Waals surface area contributed by atoms with Crippen molar-refractivity contribution < 1.29 is 233 Å². The average molecular weight is 1610 g/mol. The van der Waals surface area contributed by atoms with Gasteiger partial charge in [-0.1, -0.05) is 0 Å². The molecule has 0 aromatic carbocycles. The van der Waals surface area contributed by atoms with E-state index in [1.807, 2.05) is 10.6 Å². The second-order valence-corrected chi connectivity index (χ2v) is 26.9. The summed E-state index contributed by atoms with van der Waals surface area (Å²) in [6, 6.07) is -8.39. The molecule has 7 fully saturated rings. The predicted octanol–water partition coefficient (Wildman–Crippen LogP) is -20.1. The van der Waals surface area contributed by atoms with E-state index in [2.05, 4.69) is 10.6 Å².